The van der Waals surface area contributed by atoms with Crippen molar-refractivity contribution < 1.29 is 49.1 Å². The molecule has 0 spiro atoms. The summed E-state index contributed by atoms with van der Waals surface area (Å²) in [7, 11) is 0. The number of hydrogen-bond acceptors (Lipinski definition) is 2. The molecule has 39 heavy (non-hydrogen) atoms. The SMILES string of the molecule is CC(F)(F)C(/C=C(\F)c1ccc(C(=O)NCC(=O)NCC(F)(F)F)c(C(F)(F)F)c1)c1cc(Cl)c(Br)c(Cl)c1. The number of alkyl halides is 8. The van der Waals surface area contributed by atoms with Crippen LogP contribution in [-0.4, -0.2) is 37.0 Å². The van der Waals surface area contributed by atoms with Crippen LogP contribution in [0.2, 0.25) is 10.0 Å². The number of halogens is 12. The first-order chi connectivity index (χ1) is 17.7. The Morgan fingerprint density at radius 1 is 0.974 bits per heavy atom. The molecule has 0 bridgehead atoms. The molecule has 2 N–H and O–H groups in total. The molecule has 0 saturated carbocycles. The van der Waals surface area contributed by atoms with Gasteiger partial charge in [-0.25, -0.2) is 13.2 Å². The number of allylic oxidation sites excluding steroid dienone is 1. The highest BCUT2D eigenvalue weighted by Gasteiger charge is 2.38. The Morgan fingerprint density at radius 2 is 1.54 bits per heavy atom. The lowest BCUT2D eigenvalue weighted by Gasteiger charge is -2.22. The van der Waals surface area contributed by atoms with E-state index >= 15 is 4.39 Å². The van der Waals surface area contributed by atoms with E-state index < -0.39 is 71.6 Å². The van der Waals surface area contributed by atoms with Gasteiger partial charge in [-0.2, -0.15) is 26.3 Å². The van der Waals surface area contributed by atoms with Crippen molar-refractivity contribution in [3.8, 4) is 0 Å². The Hall–Kier alpha value is -2.45. The molecule has 0 heterocycles. The van der Waals surface area contributed by atoms with E-state index in [0.29, 0.717) is 25.1 Å². The molecule has 0 aliphatic rings. The Kier molecular flexibility index (Phi) is 10.4. The van der Waals surface area contributed by atoms with Gasteiger partial charge in [0.1, 0.15) is 12.4 Å². The molecule has 0 aliphatic heterocycles. The molecular formula is C23H16BrCl2F9N2O2. The summed E-state index contributed by atoms with van der Waals surface area (Å²) in [6.07, 6.45) is -9.63. The van der Waals surface area contributed by atoms with Gasteiger partial charge in [0, 0.05) is 12.5 Å². The fraction of sp³-hybridized carbons (Fsp3) is 0.304. The van der Waals surface area contributed by atoms with Crippen LogP contribution in [0.25, 0.3) is 5.83 Å². The number of carbonyl (C=O) groups is 2. The van der Waals surface area contributed by atoms with Crippen molar-refractivity contribution in [2.75, 3.05) is 13.1 Å². The minimum Gasteiger partial charge on any atom is -0.345 e. The second-order valence-corrected chi connectivity index (χ2v) is 9.69. The monoisotopic (exact) mass is 672 g/mol. The lowest BCUT2D eigenvalue weighted by Crippen LogP contribution is -2.41. The smallest absolute Gasteiger partial charge is 0.345 e. The first-order valence-electron chi connectivity index (χ1n) is 10.4. The van der Waals surface area contributed by atoms with E-state index in [1.165, 1.54) is 5.32 Å². The molecule has 0 aromatic heterocycles. The van der Waals surface area contributed by atoms with E-state index in [9.17, 15) is 44.7 Å². The Labute approximate surface area is 233 Å². The van der Waals surface area contributed by atoms with Gasteiger partial charge in [-0.15, -0.1) is 0 Å². The minimum absolute atomic E-state index is 0.0811. The summed E-state index contributed by atoms with van der Waals surface area (Å²) in [5, 5.41) is 2.98. The summed E-state index contributed by atoms with van der Waals surface area (Å²) in [5.41, 5.74) is -3.84. The third kappa shape index (κ3) is 9.31. The normalized spacial score (nSPS) is 13.7. The standard InChI is InChI=1S/C23H16BrCl2F9N2O2/c1-21(28,29)13(11-5-15(25)19(24)16(26)6-11)7-17(27)10-2-3-12(14(4-10)23(33,34)35)20(39)36-8-18(38)37-9-22(30,31)32/h2-7,13H,8-9H2,1H3,(H,36,39)(H,37,38)/b17-7-. The van der Waals surface area contributed by atoms with Crippen molar-refractivity contribution in [3.05, 3.63) is 73.2 Å². The van der Waals surface area contributed by atoms with E-state index in [4.69, 9.17) is 23.2 Å². The third-order valence-corrected chi connectivity index (χ3v) is 6.87. The summed E-state index contributed by atoms with van der Waals surface area (Å²) < 4.78 is 121. The summed E-state index contributed by atoms with van der Waals surface area (Å²) in [6, 6.07) is 3.57. The van der Waals surface area contributed by atoms with E-state index in [1.807, 2.05) is 0 Å². The van der Waals surface area contributed by atoms with Crippen LogP contribution in [0.15, 0.2) is 40.9 Å². The van der Waals surface area contributed by atoms with Gasteiger partial charge >= 0.3 is 12.4 Å². The van der Waals surface area contributed by atoms with Gasteiger partial charge < -0.3 is 10.6 Å². The molecule has 0 fully saturated rings. The second-order valence-electron chi connectivity index (χ2n) is 8.08. The lowest BCUT2D eigenvalue weighted by molar-refractivity contribution is -0.138. The zero-order chi connectivity index (χ0) is 29.9. The van der Waals surface area contributed by atoms with Crippen LogP contribution in [0.3, 0.4) is 0 Å². The van der Waals surface area contributed by atoms with Crippen molar-refractivity contribution in [2.24, 2.45) is 0 Å². The molecule has 0 aliphatic carbocycles. The van der Waals surface area contributed by atoms with E-state index in [-0.39, 0.29) is 26.1 Å². The number of amides is 2. The fourth-order valence-corrected chi connectivity index (χ4v) is 3.91. The average molecular weight is 674 g/mol. The number of benzene rings is 2. The molecule has 0 saturated heterocycles. The van der Waals surface area contributed by atoms with Crippen molar-refractivity contribution in [1.29, 1.82) is 0 Å². The van der Waals surface area contributed by atoms with Gasteiger partial charge in [0.25, 0.3) is 11.8 Å². The molecular weight excluding hydrogens is 658 g/mol. The van der Waals surface area contributed by atoms with Crippen molar-refractivity contribution in [1.82, 2.24) is 10.6 Å². The van der Waals surface area contributed by atoms with Crippen LogP contribution >= 0.6 is 39.1 Å². The number of carbonyl (C=O) groups excluding carboxylic acids is 2. The van der Waals surface area contributed by atoms with Gasteiger partial charge in [-0.1, -0.05) is 29.3 Å². The molecule has 16 heteroatoms. The molecule has 1 atom stereocenters. The second kappa shape index (κ2) is 12.4. The molecule has 2 amide bonds. The Balaban J connectivity index is 2.41. The quantitative estimate of drug-likeness (QED) is 0.221. The highest BCUT2D eigenvalue weighted by atomic mass is 79.9. The molecule has 2 aromatic carbocycles. The molecule has 214 valence electrons. The molecule has 1 unspecified atom stereocenters. The molecule has 4 nitrogen and oxygen atoms in total. The van der Waals surface area contributed by atoms with Crippen LogP contribution in [0.4, 0.5) is 39.5 Å². The first-order valence-corrected chi connectivity index (χ1v) is 12.0. The van der Waals surface area contributed by atoms with Crippen molar-refractivity contribution in [2.45, 2.75) is 31.1 Å². The largest absolute Gasteiger partial charge is 0.417 e. The third-order valence-electron chi connectivity index (χ3n) is 4.97. The van der Waals surface area contributed by atoms with Crippen LogP contribution in [0.1, 0.15) is 39.9 Å². The Bertz CT molecular complexity index is 1250. The molecule has 0 radical (unpaired) electrons. The first kappa shape index (κ1) is 32.8. The van der Waals surface area contributed by atoms with Crippen LogP contribution in [-0.2, 0) is 11.0 Å². The number of hydrogen-bond donors (Lipinski definition) is 2. The van der Waals surface area contributed by atoms with Crippen LogP contribution in [0, 0.1) is 0 Å². The lowest BCUT2D eigenvalue weighted by atomic mass is 9.91. The number of nitrogens with one attached hydrogen (secondary N) is 2. The van der Waals surface area contributed by atoms with Crippen molar-refractivity contribution in [3.63, 3.8) is 0 Å². The highest BCUT2D eigenvalue weighted by molar-refractivity contribution is 9.10. The van der Waals surface area contributed by atoms with Gasteiger partial charge in [0.2, 0.25) is 5.91 Å². The summed E-state index contributed by atoms with van der Waals surface area (Å²) in [5.74, 6) is -9.98. The number of rotatable bonds is 8. The maximum Gasteiger partial charge on any atom is 0.417 e. The van der Waals surface area contributed by atoms with E-state index in [2.05, 4.69) is 15.9 Å². The van der Waals surface area contributed by atoms with Gasteiger partial charge in [-0.05, 0) is 51.8 Å². The predicted molar refractivity (Wildman–Crippen MR) is 129 cm³/mol. The highest BCUT2D eigenvalue weighted by Crippen LogP contribution is 2.42. The zero-order valence-corrected chi connectivity index (χ0v) is 22.4. The van der Waals surface area contributed by atoms with Gasteiger partial charge in [0.05, 0.1) is 38.1 Å². The molecule has 2 rings (SSSR count). The Morgan fingerprint density at radius 3 is 2.03 bits per heavy atom. The van der Waals surface area contributed by atoms with Gasteiger partial charge in [0.15, 0.2) is 0 Å². The molecule has 2 aromatic rings. The van der Waals surface area contributed by atoms with E-state index in [1.54, 1.807) is 5.32 Å². The zero-order valence-electron chi connectivity index (χ0n) is 19.3. The summed E-state index contributed by atoms with van der Waals surface area (Å²) in [6.45, 7) is -2.37. The fourth-order valence-electron chi connectivity index (χ4n) is 3.17. The van der Waals surface area contributed by atoms with Gasteiger partial charge in [-0.3, -0.25) is 9.59 Å². The van der Waals surface area contributed by atoms with E-state index in [0.717, 1.165) is 12.1 Å². The summed E-state index contributed by atoms with van der Waals surface area (Å²) in [4.78, 5) is 23.7. The summed E-state index contributed by atoms with van der Waals surface area (Å²) >= 11 is 14.9. The minimum atomic E-state index is -5.25. The van der Waals surface area contributed by atoms with Crippen LogP contribution in [0.5, 0.6) is 0 Å². The van der Waals surface area contributed by atoms with Crippen LogP contribution < -0.4 is 10.6 Å². The maximum absolute atomic E-state index is 15.1. The maximum atomic E-state index is 15.1. The van der Waals surface area contributed by atoms with Crippen molar-refractivity contribution >= 4 is 56.8 Å². The average Bonchev–Trinajstić information content (AvgIpc) is 2.80. The topological polar surface area (TPSA) is 58.2 Å². The predicted octanol–water partition coefficient (Wildman–Crippen LogP) is 7.93.